The summed E-state index contributed by atoms with van der Waals surface area (Å²) >= 11 is 0. The van der Waals surface area contributed by atoms with Crippen LogP contribution in [-0.2, 0) is 19.7 Å². The molecule has 1 N–H and O–H groups in total. The zero-order chi connectivity index (χ0) is 20.6. The maximum Gasteiger partial charge on any atom is 0.426 e. The van der Waals surface area contributed by atoms with Gasteiger partial charge in [0.2, 0.25) is 5.78 Å². The third-order valence-corrected chi connectivity index (χ3v) is 9.61. The lowest BCUT2D eigenvalue weighted by Gasteiger charge is -2.43. The summed E-state index contributed by atoms with van der Waals surface area (Å²) in [7, 11) is -5.77. The van der Waals surface area contributed by atoms with E-state index in [1.54, 1.807) is 0 Å². The molecule has 8 heteroatoms. The molecule has 4 saturated carbocycles. The molecule has 0 spiro atoms. The number of Topliss-reactive ketones (excluding diaryl/α,β-unsaturated/α-hetero) is 2. The molecular formula is C20H28F2O5S. The van der Waals surface area contributed by atoms with Crippen molar-refractivity contribution in [3.05, 3.63) is 0 Å². The second kappa shape index (κ2) is 6.56. The van der Waals surface area contributed by atoms with Gasteiger partial charge in [-0.25, -0.2) is 0 Å². The van der Waals surface area contributed by atoms with Crippen LogP contribution in [0.5, 0.6) is 0 Å². The van der Waals surface area contributed by atoms with Gasteiger partial charge in [-0.15, -0.1) is 0 Å². The van der Waals surface area contributed by atoms with Crippen LogP contribution in [0.25, 0.3) is 0 Å². The third kappa shape index (κ3) is 2.81. The molecule has 9 unspecified atom stereocenters. The quantitative estimate of drug-likeness (QED) is 0.504. The van der Waals surface area contributed by atoms with Crippen LogP contribution >= 0.6 is 0 Å². The van der Waals surface area contributed by atoms with Crippen molar-refractivity contribution in [2.45, 2.75) is 57.6 Å². The Morgan fingerprint density at radius 3 is 2.18 bits per heavy atom. The van der Waals surface area contributed by atoms with Crippen molar-refractivity contribution >= 4 is 21.7 Å². The molecular weight excluding hydrogens is 390 g/mol. The number of ketones is 2. The highest BCUT2D eigenvalue weighted by Crippen LogP contribution is 2.71. The minimum atomic E-state index is -5.77. The van der Waals surface area contributed by atoms with E-state index in [4.69, 9.17) is 4.55 Å². The second-order valence-electron chi connectivity index (χ2n) is 9.67. The smallest absolute Gasteiger partial charge is 0.299 e. The van der Waals surface area contributed by atoms with E-state index in [1.165, 1.54) is 6.42 Å². The SMILES string of the molecule is CC1C(C)C2CC1C1C3CC(C(=O)CCCC(=O)C(F)(F)S(=O)(=O)O)C(C3)C21. The summed E-state index contributed by atoms with van der Waals surface area (Å²) in [5, 5.41) is -4.80. The van der Waals surface area contributed by atoms with Crippen LogP contribution in [0.1, 0.15) is 52.4 Å². The molecule has 0 aromatic rings. The van der Waals surface area contributed by atoms with Gasteiger partial charge >= 0.3 is 15.4 Å². The van der Waals surface area contributed by atoms with E-state index >= 15 is 0 Å². The summed E-state index contributed by atoms with van der Waals surface area (Å²) in [4.78, 5) is 24.2. The van der Waals surface area contributed by atoms with Gasteiger partial charge in [0, 0.05) is 18.8 Å². The Bertz CT molecular complexity index is 794. The van der Waals surface area contributed by atoms with Gasteiger partial charge in [-0.05, 0) is 73.0 Å². The molecule has 0 saturated heterocycles. The van der Waals surface area contributed by atoms with Gasteiger partial charge in [-0.2, -0.15) is 17.2 Å². The van der Waals surface area contributed by atoms with Gasteiger partial charge < -0.3 is 0 Å². The van der Waals surface area contributed by atoms with Crippen molar-refractivity contribution in [1.29, 1.82) is 0 Å². The lowest BCUT2D eigenvalue weighted by atomic mass is 9.61. The van der Waals surface area contributed by atoms with Crippen LogP contribution in [0.2, 0.25) is 0 Å². The minimum absolute atomic E-state index is 0.0125. The monoisotopic (exact) mass is 418 g/mol. The van der Waals surface area contributed by atoms with Crippen molar-refractivity contribution in [2.24, 2.45) is 53.3 Å². The molecule has 4 rings (SSSR count). The van der Waals surface area contributed by atoms with Gasteiger partial charge in [0.05, 0.1) is 0 Å². The number of halogens is 2. The molecule has 158 valence electrons. The number of carbonyl (C=O) groups excluding carboxylic acids is 2. The highest BCUT2D eigenvalue weighted by atomic mass is 32.2. The number of fused-ring (bicyclic) bond motifs is 9. The molecule has 4 fully saturated rings. The normalized spacial score (nSPS) is 44.1. The van der Waals surface area contributed by atoms with E-state index in [-0.39, 0.29) is 24.5 Å². The highest BCUT2D eigenvalue weighted by molar-refractivity contribution is 7.87. The topological polar surface area (TPSA) is 88.5 Å². The van der Waals surface area contributed by atoms with Gasteiger partial charge in [-0.1, -0.05) is 13.8 Å². The van der Waals surface area contributed by atoms with Gasteiger partial charge in [-0.3, -0.25) is 14.1 Å². The second-order valence-corrected chi connectivity index (χ2v) is 11.1. The molecule has 4 aliphatic rings. The molecule has 28 heavy (non-hydrogen) atoms. The van der Waals surface area contributed by atoms with Gasteiger partial charge in [0.25, 0.3) is 0 Å². The Morgan fingerprint density at radius 2 is 1.57 bits per heavy atom. The highest BCUT2D eigenvalue weighted by Gasteiger charge is 2.66. The Hall–Kier alpha value is -0.890. The first-order valence-electron chi connectivity index (χ1n) is 10.4. The van der Waals surface area contributed by atoms with Crippen molar-refractivity contribution in [3.63, 3.8) is 0 Å². The number of alkyl halides is 2. The summed E-state index contributed by atoms with van der Waals surface area (Å²) < 4.78 is 56.3. The van der Waals surface area contributed by atoms with Crippen LogP contribution in [0.15, 0.2) is 0 Å². The average Bonchev–Trinajstić information content (AvgIpc) is 3.33. The molecule has 0 aromatic heterocycles. The summed E-state index contributed by atoms with van der Waals surface area (Å²) in [5.74, 6) is 3.43. The number of hydrogen-bond donors (Lipinski definition) is 1. The maximum absolute atomic E-state index is 13.3. The van der Waals surface area contributed by atoms with Crippen molar-refractivity contribution in [3.8, 4) is 0 Å². The number of carbonyl (C=O) groups is 2. The largest absolute Gasteiger partial charge is 0.426 e. The van der Waals surface area contributed by atoms with E-state index in [1.807, 2.05) is 0 Å². The molecule has 4 aliphatic carbocycles. The average molecular weight is 419 g/mol. The van der Waals surface area contributed by atoms with Crippen molar-refractivity contribution in [2.75, 3.05) is 0 Å². The molecule has 0 aliphatic heterocycles. The van der Waals surface area contributed by atoms with Crippen LogP contribution in [-0.4, -0.2) is 29.8 Å². The molecule has 0 heterocycles. The molecule has 0 aromatic carbocycles. The van der Waals surface area contributed by atoms with Crippen LogP contribution < -0.4 is 0 Å². The Balaban J connectivity index is 1.34. The third-order valence-electron chi connectivity index (χ3n) is 8.73. The van der Waals surface area contributed by atoms with Crippen molar-refractivity contribution < 1.29 is 31.3 Å². The van der Waals surface area contributed by atoms with Crippen molar-refractivity contribution in [1.82, 2.24) is 0 Å². The van der Waals surface area contributed by atoms with E-state index in [0.29, 0.717) is 29.6 Å². The molecule has 5 nitrogen and oxygen atoms in total. The van der Waals surface area contributed by atoms with Crippen LogP contribution in [0, 0.1) is 53.3 Å². The fourth-order valence-corrected chi connectivity index (χ4v) is 7.89. The first kappa shape index (κ1) is 20.4. The minimum Gasteiger partial charge on any atom is -0.299 e. The summed E-state index contributed by atoms with van der Waals surface area (Å²) in [6.45, 7) is 4.69. The van der Waals surface area contributed by atoms with E-state index < -0.39 is 27.6 Å². The van der Waals surface area contributed by atoms with Crippen LogP contribution in [0.3, 0.4) is 0 Å². The lowest BCUT2D eigenvalue weighted by molar-refractivity contribution is -0.134. The number of rotatable bonds is 7. The Morgan fingerprint density at radius 1 is 0.964 bits per heavy atom. The first-order valence-corrected chi connectivity index (χ1v) is 11.8. The van der Waals surface area contributed by atoms with E-state index in [9.17, 15) is 26.8 Å². The summed E-state index contributed by atoms with van der Waals surface area (Å²) in [5.41, 5.74) is 0. The first-order chi connectivity index (χ1) is 12.9. The summed E-state index contributed by atoms with van der Waals surface area (Å²) in [6.07, 6.45) is 2.43. The fraction of sp³-hybridized carbons (Fsp3) is 0.900. The van der Waals surface area contributed by atoms with Gasteiger partial charge in [0.1, 0.15) is 5.78 Å². The van der Waals surface area contributed by atoms with E-state index in [2.05, 4.69) is 13.8 Å². The zero-order valence-corrected chi connectivity index (χ0v) is 17.0. The number of hydrogen-bond acceptors (Lipinski definition) is 4. The predicted molar refractivity (Wildman–Crippen MR) is 97.0 cm³/mol. The lowest BCUT2D eigenvalue weighted by Crippen LogP contribution is -2.40. The molecule has 9 atom stereocenters. The summed E-state index contributed by atoms with van der Waals surface area (Å²) in [6, 6.07) is 0. The van der Waals surface area contributed by atoms with Crippen LogP contribution in [0.4, 0.5) is 8.78 Å². The molecule has 0 radical (unpaired) electrons. The maximum atomic E-state index is 13.3. The predicted octanol–water partition coefficient (Wildman–Crippen LogP) is 3.59. The standard InChI is InChI=1S/C20H28F2O5S/c1-9-10(2)13-8-12(9)18-11-6-14(15(7-11)19(13)18)16(23)4-3-5-17(24)20(21,22)28(25,26)27/h9-15,18-19H,3-8H2,1-2H3,(H,25,26,27). The Kier molecular flexibility index (Phi) is 4.77. The molecule has 4 bridgehead atoms. The van der Waals surface area contributed by atoms with Gasteiger partial charge in [0.15, 0.2) is 0 Å². The zero-order valence-electron chi connectivity index (χ0n) is 16.2. The Labute approximate surface area is 164 Å². The van der Waals surface area contributed by atoms with E-state index in [0.717, 1.165) is 30.6 Å². The fourth-order valence-electron chi connectivity index (χ4n) is 7.50. The molecule has 0 amide bonds.